The van der Waals surface area contributed by atoms with Gasteiger partial charge in [-0.2, -0.15) is 18.4 Å². The van der Waals surface area contributed by atoms with E-state index in [0.29, 0.717) is 25.0 Å². The largest absolute Gasteiger partial charge is 0.494 e. The Hall–Kier alpha value is -3.47. The topological polar surface area (TPSA) is 71.4 Å². The molecule has 2 heterocycles. The molecule has 2 aliphatic heterocycles. The number of alkyl halides is 3. The monoisotopic (exact) mass is 510 g/mol. The molecule has 8 heteroatoms. The first-order chi connectivity index (χ1) is 17.5. The third-order valence-corrected chi connectivity index (χ3v) is 7.55. The van der Waals surface area contributed by atoms with Crippen LogP contribution in [0.15, 0.2) is 42.0 Å². The molecule has 5 nitrogen and oxygen atoms in total. The average Bonchev–Trinajstić information content (AvgIpc) is 3.17. The van der Waals surface area contributed by atoms with Crippen molar-refractivity contribution in [3.05, 3.63) is 64.2 Å². The van der Waals surface area contributed by atoms with Gasteiger partial charge in [-0.1, -0.05) is 12.1 Å². The molecule has 1 spiro atoms. The van der Waals surface area contributed by atoms with E-state index in [1.54, 1.807) is 6.07 Å². The predicted octanol–water partition coefficient (Wildman–Crippen LogP) is 6.15. The molecule has 3 aliphatic rings. The van der Waals surface area contributed by atoms with Gasteiger partial charge in [0.25, 0.3) is 5.91 Å². The first-order valence-electron chi connectivity index (χ1n) is 12.6. The third kappa shape index (κ3) is 5.04. The van der Waals surface area contributed by atoms with Crippen molar-refractivity contribution < 1.29 is 27.4 Å². The van der Waals surface area contributed by atoms with Gasteiger partial charge in [0.05, 0.1) is 12.1 Å². The lowest BCUT2D eigenvalue weighted by molar-refractivity contribution is -0.136. The predicted molar refractivity (Wildman–Crippen MR) is 132 cm³/mol. The summed E-state index contributed by atoms with van der Waals surface area (Å²) in [5.41, 5.74) is 3.85. The number of hydrogen-bond donors (Lipinski definition) is 1. The molecule has 1 amide bonds. The van der Waals surface area contributed by atoms with Crippen LogP contribution in [0.2, 0.25) is 0 Å². The van der Waals surface area contributed by atoms with Crippen molar-refractivity contribution in [1.82, 2.24) is 5.32 Å². The summed E-state index contributed by atoms with van der Waals surface area (Å²) in [5, 5.41) is 12.9. The van der Waals surface area contributed by atoms with E-state index in [1.807, 2.05) is 30.3 Å². The van der Waals surface area contributed by atoms with Crippen LogP contribution in [0.1, 0.15) is 68.2 Å². The van der Waals surface area contributed by atoms with Crippen LogP contribution in [-0.4, -0.2) is 24.3 Å². The maximum Gasteiger partial charge on any atom is 0.389 e. The van der Waals surface area contributed by atoms with Crippen molar-refractivity contribution in [1.29, 1.82) is 5.26 Å². The van der Waals surface area contributed by atoms with Crippen LogP contribution in [0.3, 0.4) is 0 Å². The SMILES string of the molecule is CC1(C)CCc2cc(C3=C(C#N)C(=O)N[C@@]4(CCc5cc(OCCCC(F)(F)F)ccc54)C3)ccc2O1. The number of hydrogen-bond acceptors (Lipinski definition) is 4. The lowest BCUT2D eigenvalue weighted by Gasteiger charge is -2.37. The molecule has 2 aromatic rings. The second-order valence-corrected chi connectivity index (χ2v) is 10.7. The minimum Gasteiger partial charge on any atom is -0.494 e. The van der Waals surface area contributed by atoms with Crippen molar-refractivity contribution in [3.8, 4) is 17.6 Å². The molecule has 1 atom stereocenters. The Labute approximate surface area is 214 Å². The van der Waals surface area contributed by atoms with E-state index in [4.69, 9.17) is 9.47 Å². The molecule has 0 saturated carbocycles. The Morgan fingerprint density at radius 2 is 1.89 bits per heavy atom. The standard InChI is InChI=1S/C29H29F3N2O3/c1-27(2)11-8-20-14-18(4-7-25(20)37-27)22-16-28(34-26(35)23(22)17-33)12-9-19-15-21(5-6-24(19)28)36-13-3-10-29(30,31)32/h4-7,14-15H,3,8-13,16H2,1-2H3,(H,34,35)/t28-/m0/s1. The summed E-state index contributed by atoms with van der Waals surface area (Å²) < 4.78 is 48.9. The lowest BCUT2D eigenvalue weighted by atomic mass is 9.77. The molecule has 0 saturated heterocycles. The van der Waals surface area contributed by atoms with Gasteiger partial charge < -0.3 is 14.8 Å². The van der Waals surface area contributed by atoms with Crippen LogP contribution < -0.4 is 14.8 Å². The van der Waals surface area contributed by atoms with Crippen molar-refractivity contribution in [2.45, 2.75) is 76.1 Å². The van der Waals surface area contributed by atoms with Gasteiger partial charge in [0, 0.05) is 12.8 Å². The molecule has 0 radical (unpaired) electrons. The summed E-state index contributed by atoms with van der Waals surface area (Å²) in [7, 11) is 0. The van der Waals surface area contributed by atoms with Crippen molar-refractivity contribution in [2.75, 3.05) is 6.61 Å². The Morgan fingerprint density at radius 3 is 2.65 bits per heavy atom. The minimum atomic E-state index is -4.19. The average molecular weight is 511 g/mol. The van der Waals surface area contributed by atoms with Gasteiger partial charge in [-0.3, -0.25) is 4.79 Å². The number of carbonyl (C=O) groups is 1. The first kappa shape index (κ1) is 25.2. The van der Waals surface area contributed by atoms with E-state index in [-0.39, 0.29) is 30.1 Å². The number of nitrogens with one attached hydrogen (secondary N) is 1. The molecule has 194 valence electrons. The summed E-state index contributed by atoms with van der Waals surface area (Å²) in [6, 6.07) is 13.5. The molecule has 5 rings (SSSR count). The number of aryl methyl sites for hydroxylation is 2. The number of rotatable bonds is 5. The van der Waals surface area contributed by atoms with Crippen LogP contribution in [-0.2, 0) is 23.2 Å². The Bertz CT molecular complexity index is 1320. The van der Waals surface area contributed by atoms with E-state index in [0.717, 1.165) is 46.4 Å². The van der Waals surface area contributed by atoms with E-state index < -0.39 is 18.1 Å². The number of amides is 1. The highest BCUT2D eigenvalue weighted by Crippen LogP contribution is 2.48. The number of nitriles is 1. The molecule has 1 aliphatic carbocycles. The maximum absolute atomic E-state index is 13.1. The van der Waals surface area contributed by atoms with Gasteiger partial charge in [-0.05, 0) is 98.0 Å². The van der Waals surface area contributed by atoms with E-state index in [9.17, 15) is 23.2 Å². The molecule has 1 N–H and O–H groups in total. The fourth-order valence-electron chi connectivity index (χ4n) is 5.65. The number of nitrogens with zero attached hydrogens (tertiary/aromatic N) is 1. The first-order valence-corrected chi connectivity index (χ1v) is 12.6. The number of carbonyl (C=O) groups excluding carboxylic acids is 1. The quantitative estimate of drug-likeness (QED) is 0.490. The third-order valence-electron chi connectivity index (χ3n) is 7.55. The lowest BCUT2D eigenvalue weighted by Crippen LogP contribution is -2.48. The van der Waals surface area contributed by atoms with Crippen LogP contribution in [0, 0.1) is 11.3 Å². The second kappa shape index (κ2) is 9.13. The Morgan fingerprint density at radius 1 is 1.11 bits per heavy atom. The van der Waals surface area contributed by atoms with Crippen molar-refractivity contribution in [2.24, 2.45) is 0 Å². The fourth-order valence-corrected chi connectivity index (χ4v) is 5.65. The molecule has 0 unspecified atom stereocenters. The van der Waals surface area contributed by atoms with Crippen LogP contribution in [0.25, 0.3) is 5.57 Å². The zero-order valence-corrected chi connectivity index (χ0v) is 20.9. The van der Waals surface area contributed by atoms with Gasteiger partial charge in [-0.15, -0.1) is 0 Å². The summed E-state index contributed by atoms with van der Waals surface area (Å²) in [6.07, 6.45) is -1.60. The zero-order chi connectivity index (χ0) is 26.4. The highest BCUT2D eigenvalue weighted by Gasteiger charge is 2.45. The molecule has 0 fully saturated rings. The zero-order valence-electron chi connectivity index (χ0n) is 20.9. The smallest absolute Gasteiger partial charge is 0.389 e. The minimum absolute atomic E-state index is 0.0161. The summed E-state index contributed by atoms with van der Waals surface area (Å²) in [5.74, 6) is 0.966. The van der Waals surface area contributed by atoms with Gasteiger partial charge in [0.1, 0.15) is 28.7 Å². The highest BCUT2D eigenvalue weighted by molar-refractivity contribution is 6.07. The summed E-state index contributed by atoms with van der Waals surface area (Å²) in [4.78, 5) is 13.1. The van der Waals surface area contributed by atoms with Crippen molar-refractivity contribution in [3.63, 3.8) is 0 Å². The maximum atomic E-state index is 13.1. The van der Waals surface area contributed by atoms with Gasteiger partial charge >= 0.3 is 6.18 Å². The van der Waals surface area contributed by atoms with E-state index in [2.05, 4.69) is 25.2 Å². The highest BCUT2D eigenvalue weighted by atomic mass is 19.4. The number of halogens is 3. The van der Waals surface area contributed by atoms with Crippen LogP contribution in [0.4, 0.5) is 13.2 Å². The Kier molecular flexibility index (Phi) is 6.21. The molecule has 2 aromatic carbocycles. The Balaban J connectivity index is 1.40. The van der Waals surface area contributed by atoms with Crippen molar-refractivity contribution >= 4 is 11.5 Å². The molecule has 0 aromatic heterocycles. The number of fused-ring (bicyclic) bond motifs is 3. The molecule has 0 bridgehead atoms. The van der Waals surface area contributed by atoms with E-state index in [1.165, 1.54) is 0 Å². The van der Waals surface area contributed by atoms with Gasteiger partial charge in [0.2, 0.25) is 0 Å². The summed E-state index contributed by atoms with van der Waals surface area (Å²) in [6.45, 7) is 4.11. The van der Waals surface area contributed by atoms with Crippen LogP contribution >= 0.6 is 0 Å². The molecule has 37 heavy (non-hydrogen) atoms. The van der Waals surface area contributed by atoms with Gasteiger partial charge in [-0.25, -0.2) is 0 Å². The number of ether oxygens (including phenoxy) is 2. The second-order valence-electron chi connectivity index (χ2n) is 10.7. The normalized spacial score (nSPS) is 22.1. The van der Waals surface area contributed by atoms with E-state index >= 15 is 0 Å². The number of benzene rings is 2. The molecular formula is C29H29F3N2O3. The fraction of sp³-hybridized carbons (Fsp3) is 0.448. The van der Waals surface area contributed by atoms with Gasteiger partial charge in [0.15, 0.2) is 0 Å². The molecular weight excluding hydrogens is 481 g/mol. The summed E-state index contributed by atoms with van der Waals surface area (Å²) >= 11 is 0. The van der Waals surface area contributed by atoms with Crippen LogP contribution in [0.5, 0.6) is 11.5 Å².